The van der Waals surface area contributed by atoms with Crippen molar-refractivity contribution >= 4 is 11.8 Å². The van der Waals surface area contributed by atoms with E-state index in [1.54, 1.807) is 0 Å². The molecule has 0 spiro atoms. The lowest BCUT2D eigenvalue weighted by molar-refractivity contribution is 0.103. The third-order valence-electron chi connectivity index (χ3n) is 2.49. The minimum atomic E-state index is -0.316. The molecule has 3 N–H and O–H groups in total. The predicted molar refractivity (Wildman–Crippen MR) is 57.4 cm³/mol. The molecule has 0 aliphatic carbocycles. The number of nitrogens with one attached hydrogen (secondary N) is 1. The summed E-state index contributed by atoms with van der Waals surface area (Å²) in [6.45, 7) is 1.18. The molecular formula is C11H14N2O2. The summed E-state index contributed by atoms with van der Waals surface area (Å²) >= 11 is 0. The number of ether oxygens (including phenoxy) is 1. The first-order chi connectivity index (χ1) is 7.24. The molecule has 1 aliphatic rings. The van der Waals surface area contributed by atoms with Crippen LogP contribution in [0.5, 0.6) is 0 Å². The quantitative estimate of drug-likeness (QED) is 0.714. The molecule has 1 aromatic carbocycles. The summed E-state index contributed by atoms with van der Waals surface area (Å²) in [6, 6.07) is 7.78. The van der Waals surface area contributed by atoms with E-state index in [0.717, 1.165) is 12.1 Å². The first-order valence-electron chi connectivity index (χ1n) is 4.99. The molecule has 80 valence electrons. The Morgan fingerprint density at radius 3 is 2.73 bits per heavy atom. The second-order valence-electron chi connectivity index (χ2n) is 3.79. The van der Waals surface area contributed by atoms with Crippen LogP contribution < -0.4 is 11.1 Å². The molecular weight excluding hydrogens is 192 g/mol. The van der Waals surface area contributed by atoms with E-state index in [-0.39, 0.29) is 6.09 Å². The average molecular weight is 206 g/mol. The summed E-state index contributed by atoms with van der Waals surface area (Å²) in [7, 11) is 0. The highest BCUT2D eigenvalue weighted by atomic mass is 16.6. The van der Waals surface area contributed by atoms with Gasteiger partial charge in [-0.15, -0.1) is 0 Å². The molecule has 1 fully saturated rings. The number of carbonyl (C=O) groups excluding carboxylic acids is 1. The molecule has 1 atom stereocenters. The maximum Gasteiger partial charge on any atom is 0.407 e. The van der Waals surface area contributed by atoms with Gasteiger partial charge in [-0.25, -0.2) is 4.79 Å². The van der Waals surface area contributed by atoms with E-state index < -0.39 is 0 Å². The number of benzene rings is 1. The third kappa shape index (κ3) is 2.62. The number of anilines is 1. The molecule has 1 heterocycles. The molecule has 4 heteroatoms. The van der Waals surface area contributed by atoms with Crippen molar-refractivity contribution in [1.82, 2.24) is 5.32 Å². The molecule has 0 aromatic heterocycles. The first-order valence-corrected chi connectivity index (χ1v) is 4.99. The first kappa shape index (κ1) is 9.83. The van der Waals surface area contributed by atoms with E-state index in [1.807, 2.05) is 24.3 Å². The summed E-state index contributed by atoms with van der Waals surface area (Å²) in [6.07, 6.45) is 0.587. The van der Waals surface area contributed by atoms with Crippen LogP contribution in [0.1, 0.15) is 5.56 Å². The summed E-state index contributed by atoms with van der Waals surface area (Å²) in [4.78, 5) is 10.8. The Bertz CT molecular complexity index is 338. The molecule has 4 nitrogen and oxygen atoms in total. The van der Waals surface area contributed by atoms with Crippen molar-refractivity contribution in [2.75, 3.05) is 18.9 Å². The second kappa shape index (κ2) is 4.21. The van der Waals surface area contributed by atoms with Gasteiger partial charge in [0.2, 0.25) is 0 Å². The van der Waals surface area contributed by atoms with Gasteiger partial charge in [0.1, 0.15) is 0 Å². The van der Waals surface area contributed by atoms with Crippen LogP contribution in [0.2, 0.25) is 0 Å². The fourth-order valence-corrected chi connectivity index (χ4v) is 1.65. The lowest BCUT2D eigenvalue weighted by Gasteiger charge is -2.22. The maximum absolute atomic E-state index is 10.8. The number of carbonyl (C=O) groups is 1. The summed E-state index contributed by atoms with van der Waals surface area (Å²) in [5, 5.41) is 2.68. The highest BCUT2D eigenvalue weighted by molar-refractivity contribution is 5.67. The number of alkyl carbamates (subject to hydrolysis) is 1. The van der Waals surface area contributed by atoms with Gasteiger partial charge in [-0.05, 0) is 24.1 Å². The van der Waals surface area contributed by atoms with Crippen molar-refractivity contribution in [2.45, 2.75) is 6.42 Å². The molecule has 1 aromatic rings. The van der Waals surface area contributed by atoms with Crippen LogP contribution in [-0.2, 0) is 11.2 Å². The van der Waals surface area contributed by atoms with Gasteiger partial charge >= 0.3 is 6.09 Å². The van der Waals surface area contributed by atoms with Crippen molar-refractivity contribution in [3.8, 4) is 0 Å². The second-order valence-corrected chi connectivity index (χ2v) is 3.79. The molecule has 0 bridgehead atoms. The third-order valence-corrected chi connectivity index (χ3v) is 2.49. The largest absolute Gasteiger partial charge is 0.449 e. The molecule has 0 unspecified atom stereocenters. The fourth-order valence-electron chi connectivity index (χ4n) is 1.65. The van der Waals surface area contributed by atoms with Gasteiger partial charge in [0.05, 0.1) is 6.61 Å². The van der Waals surface area contributed by atoms with Gasteiger partial charge < -0.3 is 15.8 Å². The Balaban J connectivity index is 1.91. The number of hydrogen-bond acceptors (Lipinski definition) is 3. The zero-order valence-corrected chi connectivity index (χ0v) is 8.40. The van der Waals surface area contributed by atoms with Gasteiger partial charge in [0.15, 0.2) is 0 Å². The number of amides is 1. The van der Waals surface area contributed by atoms with Gasteiger partial charge in [-0.2, -0.15) is 0 Å². The average Bonchev–Trinajstić information content (AvgIpc) is 2.25. The molecule has 1 amide bonds. The number of nitrogens with two attached hydrogens (primary N) is 1. The van der Waals surface area contributed by atoms with Crippen molar-refractivity contribution in [1.29, 1.82) is 0 Å². The smallest absolute Gasteiger partial charge is 0.407 e. The van der Waals surface area contributed by atoms with E-state index in [9.17, 15) is 4.79 Å². The van der Waals surface area contributed by atoms with Crippen LogP contribution in [0.15, 0.2) is 24.3 Å². The minimum absolute atomic E-state index is 0.316. The highest BCUT2D eigenvalue weighted by Gasteiger charge is 2.18. The monoisotopic (exact) mass is 206 g/mol. The SMILES string of the molecule is Nc1ccc(C[C@H]2CNC(=O)OC2)cc1. The molecule has 15 heavy (non-hydrogen) atoms. The normalized spacial score (nSPS) is 20.5. The van der Waals surface area contributed by atoms with Gasteiger partial charge in [-0.1, -0.05) is 12.1 Å². The van der Waals surface area contributed by atoms with E-state index >= 15 is 0 Å². The molecule has 0 saturated carbocycles. The number of nitrogen functional groups attached to an aromatic ring is 1. The Hall–Kier alpha value is -1.71. The molecule has 1 aliphatic heterocycles. The van der Waals surface area contributed by atoms with E-state index in [4.69, 9.17) is 10.5 Å². The van der Waals surface area contributed by atoms with Crippen molar-refractivity contribution in [2.24, 2.45) is 5.92 Å². The molecule has 2 rings (SSSR count). The highest BCUT2D eigenvalue weighted by Crippen LogP contribution is 2.13. The van der Waals surface area contributed by atoms with Crippen LogP contribution in [-0.4, -0.2) is 19.2 Å². The molecule has 0 radical (unpaired) electrons. The number of cyclic esters (lactones) is 1. The Kier molecular flexibility index (Phi) is 2.76. The van der Waals surface area contributed by atoms with Crippen LogP contribution in [0.4, 0.5) is 10.5 Å². The molecule has 1 saturated heterocycles. The Labute approximate surface area is 88.4 Å². The van der Waals surface area contributed by atoms with Crippen LogP contribution in [0, 0.1) is 5.92 Å². The van der Waals surface area contributed by atoms with Crippen LogP contribution in [0.25, 0.3) is 0 Å². The van der Waals surface area contributed by atoms with Gasteiger partial charge in [-0.3, -0.25) is 0 Å². The summed E-state index contributed by atoms with van der Waals surface area (Å²) < 4.78 is 4.91. The van der Waals surface area contributed by atoms with Crippen molar-refractivity contribution < 1.29 is 9.53 Å². The van der Waals surface area contributed by atoms with Crippen LogP contribution in [0.3, 0.4) is 0 Å². The van der Waals surface area contributed by atoms with Crippen molar-refractivity contribution in [3.05, 3.63) is 29.8 Å². The number of hydrogen-bond donors (Lipinski definition) is 2. The Morgan fingerprint density at radius 1 is 1.40 bits per heavy atom. The summed E-state index contributed by atoms with van der Waals surface area (Å²) in [5.41, 5.74) is 7.58. The Morgan fingerprint density at radius 2 is 2.13 bits per heavy atom. The standard InChI is InChI=1S/C11H14N2O2/c12-10-3-1-8(2-4-10)5-9-6-13-11(14)15-7-9/h1-4,9H,5-7,12H2,(H,13,14)/t9-/m0/s1. The lowest BCUT2D eigenvalue weighted by Crippen LogP contribution is -2.39. The van der Waals surface area contributed by atoms with Crippen molar-refractivity contribution in [3.63, 3.8) is 0 Å². The minimum Gasteiger partial charge on any atom is -0.449 e. The maximum atomic E-state index is 10.8. The topological polar surface area (TPSA) is 64.3 Å². The van der Waals surface area contributed by atoms with Gasteiger partial charge in [0.25, 0.3) is 0 Å². The predicted octanol–water partition coefficient (Wildman–Crippen LogP) is 1.17. The van der Waals surface area contributed by atoms with Crippen LogP contribution >= 0.6 is 0 Å². The zero-order valence-electron chi connectivity index (χ0n) is 8.40. The number of rotatable bonds is 2. The van der Waals surface area contributed by atoms with E-state index in [1.165, 1.54) is 5.56 Å². The van der Waals surface area contributed by atoms with E-state index in [2.05, 4.69) is 5.32 Å². The van der Waals surface area contributed by atoms with E-state index in [0.29, 0.717) is 19.1 Å². The summed E-state index contributed by atoms with van der Waals surface area (Å²) in [5.74, 6) is 0.353. The lowest BCUT2D eigenvalue weighted by atomic mass is 9.99. The fraction of sp³-hybridized carbons (Fsp3) is 0.364. The van der Waals surface area contributed by atoms with Gasteiger partial charge in [0, 0.05) is 18.2 Å². The zero-order chi connectivity index (χ0) is 10.7.